The summed E-state index contributed by atoms with van der Waals surface area (Å²) in [6, 6.07) is 0. The molecule has 0 aliphatic heterocycles. The summed E-state index contributed by atoms with van der Waals surface area (Å²) in [5.74, 6) is 0. The fourth-order valence-corrected chi connectivity index (χ4v) is 0. The molecule has 0 saturated carbocycles. The highest BCUT2D eigenvalue weighted by molar-refractivity contribution is 6.55. The van der Waals surface area contributed by atoms with Gasteiger partial charge in [-0.1, -0.05) is 60.7 Å². The highest BCUT2D eigenvalue weighted by atomic mass is 35.5. The Morgan fingerprint density at radius 2 is 1.08 bits per heavy atom. The first-order valence-corrected chi connectivity index (χ1v) is 3.99. The lowest BCUT2D eigenvalue weighted by Gasteiger charge is -1.65. The van der Waals surface area contributed by atoms with E-state index in [9.17, 15) is 0 Å². The van der Waals surface area contributed by atoms with Crippen molar-refractivity contribution in [2.24, 2.45) is 0 Å². The van der Waals surface area contributed by atoms with Gasteiger partial charge in [0.15, 0.2) is 0 Å². The van der Waals surface area contributed by atoms with Crippen LogP contribution in [0.4, 0.5) is 0 Å². The summed E-state index contributed by atoms with van der Waals surface area (Å²) in [6.07, 6.45) is 3.28. The monoisotopic (exact) mass is 206 g/mol. The molecule has 0 heterocycles. The van der Waals surface area contributed by atoms with Gasteiger partial charge in [-0.3, -0.25) is 0 Å². The van der Waals surface area contributed by atoms with E-state index in [1.807, 2.05) is 13.8 Å². The second-order valence-electron chi connectivity index (χ2n) is 2.02. The van der Waals surface area contributed by atoms with E-state index in [0.717, 1.165) is 0 Å². The van der Waals surface area contributed by atoms with Crippen molar-refractivity contribution in [2.75, 3.05) is 0 Å². The second-order valence-corrected chi connectivity index (χ2v) is 3.12. The maximum absolute atomic E-state index is 4.85. The molecule has 0 amide bonds. The predicted octanol–water partition coefficient (Wildman–Crippen LogP) is 4.88. The van der Waals surface area contributed by atoms with E-state index in [-0.39, 0.29) is 4.49 Å². The third-order valence-electron chi connectivity index (χ3n) is 0.167. The van der Waals surface area contributed by atoms with Gasteiger partial charge in [0, 0.05) is 0 Å². The first-order valence-electron chi connectivity index (χ1n) is 3.23. The van der Waals surface area contributed by atoms with Crippen LogP contribution in [0, 0.1) is 0 Å². The molecule has 0 atom stereocenters. The number of rotatable bonds is 1. The van der Waals surface area contributed by atoms with Gasteiger partial charge in [0.2, 0.25) is 0 Å². The van der Waals surface area contributed by atoms with Gasteiger partial charge in [-0.25, -0.2) is 0 Å². The molecule has 0 spiro atoms. The fraction of sp³-hybridized carbons (Fsp3) is 0.200. The molecule has 0 N–H and O–H groups in total. The van der Waals surface area contributed by atoms with Crippen molar-refractivity contribution in [3.63, 3.8) is 0 Å². The summed E-state index contributed by atoms with van der Waals surface area (Å²) in [4.78, 5) is 0. The maximum Gasteiger partial charge on any atom is 0.0992 e. The van der Waals surface area contributed by atoms with Crippen LogP contribution in [0.25, 0.3) is 0 Å². The van der Waals surface area contributed by atoms with E-state index in [2.05, 4.69) is 26.3 Å². The van der Waals surface area contributed by atoms with Crippen LogP contribution in [-0.2, 0) is 0 Å². The summed E-state index contributed by atoms with van der Waals surface area (Å²) >= 11 is 9.69. The quantitative estimate of drug-likeness (QED) is 0.424. The van der Waals surface area contributed by atoms with Crippen LogP contribution >= 0.6 is 23.2 Å². The van der Waals surface area contributed by atoms with Gasteiger partial charge in [-0.15, -0.1) is 6.58 Å². The summed E-state index contributed by atoms with van der Waals surface area (Å²) in [5, 5.41) is 0. The van der Waals surface area contributed by atoms with Crippen LogP contribution in [0.15, 0.2) is 48.5 Å². The van der Waals surface area contributed by atoms with Crippen molar-refractivity contribution < 1.29 is 0 Å². The zero-order valence-corrected chi connectivity index (χ0v) is 9.25. The normalized spacial score (nSPS) is 6.00. The van der Waals surface area contributed by atoms with Gasteiger partial charge in [-0.05, 0) is 13.8 Å². The van der Waals surface area contributed by atoms with Crippen molar-refractivity contribution >= 4 is 23.2 Å². The van der Waals surface area contributed by atoms with Gasteiger partial charge in [-0.2, -0.15) is 0 Å². The average molecular weight is 207 g/mol. The smallest absolute Gasteiger partial charge is 0.0992 e. The average Bonchev–Trinajstić information content (AvgIpc) is 1.85. The molecule has 0 aromatic heterocycles. The molecule has 0 fully saturated rings. The van der Waals surface area contributed by atoms with Gasteiger partial charge in [0.1, 0.15) is 0 Å². The van der Waals surface area contributed by atoms with E-state index in [1.54, 1.807) is 12.2 Å². The van der Waals surface area contributed by atoms with Crippen LogP contribution in [0.5, 0.6) is 0 Å². The van der Waals surface area contributed by atoms with Crippen molar-refractivity contribution in [3.05, 3.63) is 48.5 Å². The molecule has 0 bridgehead atoms. The molecule has 0 aliphatic rings. The molecular formula is C10H16Cl2. The van der Waals surface area contributed by atoms with Crippen LogP contribution in [0.2, 0.25) is 0 Å². The lowest BCUT2D eigenvalue weighted by Crippen LogP contribution is -1.43. The number of hydrogen-bond donors (Lipinski definition) is 0. The van der Waals surface area contributed by atoms with E-state index in [0.29, 0.717) is 0 Å². The Morgan fingerprint density at radius 1 is 1.00 bits per heavy atom. The fourth-order valence-electron chi connectivity index (χ4n) is 0. The van der Waals surface area contributed by atoms with Crippen molar-refractivity contribution in [3.8, 4) is 0 Å². The SMILES string of the molecule is C=C(C)C.C=C(Cl)Cl.C=CC=C. The molecule has 0 aliphatic carbocycles. The van der Waals surface area contributed by atoms with Gasteiger partial charge in [0.25, 0.3) is 0 Å². The minimum absolute atomic E-state index is 0.111. The molecular weight excluding hydrogens is 191 g/mol. The summed E-state index contributed by atoms with van der Waals surface area (Å²) in [6.45, 7) is 17.3. The molecule has 0 saturated heterocycles. The molecule has 70 valence electrons. The summed E-state index contributed by atoms with van der Waals surface area (Å²) < 4.78 is 0.111. The summed E-state index contributed by atoms with van der Waals surface area (Å²) in [5.41, 5.74) is 1.17. The second kappa shape index (κ2) is 16.9. The molecule has 0 aromatic rings. The van der Waals surface area contributed by atoms with Crippen molar-refractivity contribution in [2.45, 2.75) is 13.8 Å². The van der Waals surface area contributed by atoms with Crippen molar-refractivity contribution in [1.29, 1.82) is 0 Å². The Balaban J connectivity index is -0.000000101. The highest BCUT2D eigenvalue weighted by Crippen LogP contribution is 1.98. The lowest BCUT2D eigenvalue weighted by atomic mass is 10.4. The lowest BCUT2D eigenvalue weighted by molar-refractivity contribution is 1.42. The maximum atomic E-state index is 4.85. The predicted molar refractivity (Wildman–Crippen MR) is 61.7 cm³/mol. The largest absolute Gasteiger partial charge is 0.100 e. The Labute approximate surface area is 85.9 Å². The Morgan fingerprint density at radius 3 is 1.08 bits per heavy atom. The standard InChI is InChI=1S/C4H8.C4H6.C2H2Cl2/c1-4(2)3;1-3-4-2;1-2(3)4/h1H2,2-3H3;3-4H,1-2H2;1H2. The van der Waals surface area contributed by atoms with Crippen LogP contribution in [0.3, 0.4) is 0 Å². The third-order valence-corrected chi connectivity index (χ3v) is 0.167. The third kappa shape index (κ3) is 2390. The molecule has 0 nitrogen and oxygen atoms in total. The van der Waals surface area contributed by atoms with Gasteiger partial charge >= 0.3 is 0 Å². The van der Waals surface area contributed by atoms with Crippen LogP contribution in [-0.4, -0.2) is 0 Å². The first kappa shape index (κ1) is 17.6. The summed E-state index contributed by atoms with van der Waals surface area (Å²) in [7, 11) is 0. The van der Waals surface area contributed by atoms with Gasteiger partial charge in [0.05, 0.1) is 4.49 Å². The minimum atomic E-state index is 0.111. The first-order chi connectivity index (χ1) is 5.38. The zero-order valence-electron chi connectivity index (χ0n) is 7.74. The van der Waals surface area contributed by atoms with Gasteiger partial charge < -0.3 is 0 Å². The molecule has 2 heteroatoms. The molecule has 0 rings (SSSR count). The molecule has 0 unspecified atom stereocenters. The zero-order chi connectivity index (χ0) is 10.6. The Hall–Kier alpha value is -0.460. The van der Waals surface area contributed by atoms with E-state index in [1.165, 1.54) is 5.57 Å². The Kier molecular flexibility index (Phi) is 24.7. The van der Waals surface area contributed by atoms with E-state index >= 15 is 0 Å². The minimum Gasteiger partial charge on any atom is -0.100 e. The molecule has 12 heavy (non-hydrogen) atoms. The van der Waals surface area contributed by atoms with Crippen LogP contribution in [0.1, 0.15) is 13.8 Å². The van der Waals surface area contributed by atoms with E-state index in [4.69, 9.17) is 23.2 Å². The Bertz CT molecular complexity index is 120. The highest BCUT2D eigenvalue weighted by Gasteiger charge is 1.60. The topological polar surface area (TPSA) is 0 Å². The number of halogens is 2. The van der Waals surface area contributed by atoms with Crippen molar-refractivity contribution in [1.82, 2.24) is 0 Å². The molecule has 0 aromatic carbocycles. The van der Waals surface area contributed by atoms with E-state index < -0.39 is 0 Å². The molecule has 0 radical (unpaired) electrons. The number of allylic oxidation sites excluding steroid dienone is 3. The number of hydrogen-bond acceptors (Lipinski definition) is 0. The van der Waals surface area contributed by atoms with Crippen LogP contribution < -0.4 is 0 Å².